The van der Waals surface area contributed by atoms with Crippen LogP contribution in [-0.4, -0.2) is 23.5 Å². The molecule has 0 fully saturated rings. The van der Waals surface area contributed by atoms with Crippen LogP contribution in [0.5, 0.6) is 5.75 Å². The molecule has 0 saturated carbocycles. The van der Waals surface area contributed by atoms with Gasteiger partial charge in [-0.25, -0.2) is 0 Å². The largest absolute Gasteiger partial charge is 0.492 e. The number of amides is 1. The van der Waals surface area contributed by atoms with Crippen LogP contribution >= 0.6 is 15.9 Å². The summed E-state index contributed by atoms with van der Waals surface area (Å²) < 4.78 is 42.5. The second-order valence-electron chi connectivity index (χ2n) is 5.65. The highest BCUT2D eigenvalue weighted by Crippen LogP contribution is 2.29. The maximum Gasteiger partial charge on any atom is 0.471 e. The minimum atomic E-state index is -4.93. The van der Waals surface area contributed by atoms with E-state index in [0.717, 1.165) is 18.4 Å². The van der Waals surface area contributed by atoms with Crippen LogP contribution in [0, 0.1) is 5.92 Å². The van der Waals surface area contributed by atoms with Crippen LogP contribution in [0.4, 0.5) is 18.9 Å². The monoisotopic (exact) mass is 395 g/mol. The molecular formula is C16H21BrF3NO2. The molecule has 0 aliphatic carbocycles. The van der Waals surface area contributed by atoms with E-state index in [2.05, 4.69) is 29.8 Å². The number of carbonyl (C=O) groups excluding carboxylic acids is 1. The molecule has 3 nitrogen and oxygen atoms in total. The maximum atomic E-state index is 12.4. The summed E-state index contributed by atoms with van der Waals surface area (Å²) in [4.78, 5) is 11.3. The number of hydrogen-bond acceptors (Lipinski definition) is 2. The quantitative estimate of drug-likeness (QED) is 0.664. The molecule has 0 radical (unpaired) electrons. The summed E-state index contributed by atoms with van der Waals surface area (Å²) in [5, 5.41) is 1.85. The van der Waals surface area contributed by atoms with E-state index in [1.54, 1.807) is 19.1 Å². The van der Waals surface area contributed by atoms with E-state index in [4.69, 9.17) is 4.74 Å². The summed E-state index contributed by atoms with van der Waals surface area (Å²) in [6, 6.07) is 4.81. The van der Waals surface area contributed by atoms with Crippen LogP contribution in [0.15, 0.2) is 18.2 Å². The fourth-order valence-electron chi connectivity index (χ4n) is 2.12. The van der Waals surface area contributed by atoms with Gasteiger partial charge in [0.2, 0.25) is 0 Å². The van der Waals surface area contributed by atoms with Crippen molar-refractivity contribution >= 4 is 27.5 Å². The molecule has 1 aromatic carbocycles. The topological polar surface area (TPSA) is 38.3 Å². The Labute approximate surface area is 142 Å². The van der Waals surface area contributed by atoms with Crippen LogP contribution in [0.1, 0.15) is 32.8 Å². The summed E-state index contributed by atoms with van der Waals surface area (Å²) in [5.41, 5.74) is 0.953. The third kappa shape index (κ3) is 6.81. The number of benzene rings is 1. The molecule has 1 aromatic rings. The molecule has 1 rings (SSSR count). The number of alkyl halides is 4. The lowest BCUT2D eigenvalue weighted by molar-refractivity contribution is -0.167. The van der Waals surface area contributed by atoms with Gasteiger partial charge in [-0.05, 0) is 43.4 Å². The Bertz CT molecular complexity index is 533. The normalized spacial score (nSPS) is 13.0. The standard InChI is InChI=1S/C16H21BrF3NO2/c1-4-23-14-9-11(8-12(17)7-10(2)3)5-6-13(14)21-15(22)16(18,19)20/h5-6,9-10,12H,4,7-8H2,1-3H3,(H,21,22). The highest BCUT2D eigenvalue weighted by atomic mass is 79.9. The van der Waals surface area contributed by atoms with Crippen LogP contribution in [0.25, 0.3) is 0 Å². The van der Waals surface area contributed by atoms with Gasteiger partial charge in [-0.3, -0.25) is 4.79 Å². The minimum absolute atomic E-state index is 0.0212. The van der Waals surface area contributed by atoms with Gasteiger partial charge in [0.15, 0.2) is 0 Å². The van der Waals surface area contributed by atoms with Crippen molar-refractivity contribution in [1.82, 2.24) is 0 Å². The lowest BCUT2D eigenvalue weighted by atomic mass is 10.0. The molecule has 0 aliphatic heterocycles. The Morgan fingerprint density at radius 3 is 2.52 bits per heavy atom. The summed E-state index contributed by atoms with van der Waals surface area (Å²) in [7, 11) is 0. The Morgan fingerprint density at radius 2 is 2.00 bits per heavy atom. The zero-order chi connectivity index (χ0) is 17.6. The van der Waals surface area contributed by atoms with E-state index in [-0.39, 0.29) is 16.3 Å². The van der Waals surface area contributed by atoms with E-state index in [9.17, 15) is 18.0 Å². The molecule has 7 heteroatoms. The first-order valence-electron chi connectivity index (χ1n) is 7.41. The Balaban J connectivity index is 2.91. The molecule has 0 heterocycles. The van der Waals surface area contributed by atoms with Gasteiger partial charge in [-0.15, -0.1) is 0 Å². The number of halogens is 4. The zero-order valence-electron chi connectivity index (χ0n) is 13.3. The summed E-state index contributed by atoms with van der Waals surface area (Å²) >= 11 is 3.60. The van der Waals surface area contributed by atoms with Crippen molar-refractivity contribution in [2.45, 2.75) is 44.6 Å². The molecule has 1 unspecified atom stereocenters. The van der Waals surface area contributed by atoms with E-state index in [1.165, 1.54) is 6.07 Å². The van der Waals surface area contributed by atoms with Gasteiger partial charge in [-0.2, -0.15) is 13.2 Å². The molecule has 1 atom stereocenters. The second kappa shape index (κ2) is 8.57. The summed E-state index contributed by atoms with van der Waals surface area (Å²) in [6.07, 6.45) is -3.22. The van der Waals surface area contributed by atoms with Crippen LogP contribution in [0.3, 0.4) is 0 Å². The SMILES string of the molecule is CCOc1cc(CC(Br)CC(C)C)ccc1NC(=O)C(F)(F)F. The maximum absolute atomic E-state index is 12.4. The highest BCUT2D eigenvalue weighted by Gasteiger charge is 2.39. The third-order valence-electron chi connectivity index (χ3n) is 3.04. The fraction of sp³-hybridized carbons (Fsp3) is 0.562. The Hall–Kier alpha value is -1.24. The van der Waals surface area contributed by atoms with E-state index in [0.29, 0.717) is 12.5 Å². The first-order chi connectivity index (χ1) is 10.6. The molecule has 1 amide bonds. The second-order valence-corrected chi connectivity index (χ2v) is 6.94. The van der Waals surface area contributed by atoms with E-state index >= 15 is 0 Å². The van der Waals surface area contributed by atoms with Gasteiger partial charge in [-0.1, -0.05) is 35.8 Å². The van der Waals surface area contributed by atoms with Gasteiger partial charge < -0.3 is 10.1 Å². The van der Waals surface area contributed by atoms with Crippen molar-refractivity contribution in [3.05, 3.63) is 23.8 Å². The molecule has 0 aromatic heterocycles. The van der Waals surface area contributed by atoms with Crippen molar-refractivity contribution in [2.75, 3.05) is 11.9 Å². The number of hydrogen-bond donors (Lipinski definition) is 1. The number of rotatable bonds is 7. The van der Waals surface area contributed by atoms with Gasteiger partial charge in [0.1, 0.15) is 5.75 Å². The molecule has 0 bridgehead atoms. The molecule has 23 heavy (non-hydrogen) atoms. The average molecular weight is 396 g/mol. The minimum Gasteiger partial charge on any atom is -0.492 e. The number of ether oxygens (including phenoxy) is 1. The Morgan fingerprint density at radius 1 is 1.35 bits per heavy atom. The van der Waals surface area contributed by atoms with Gasteiger partial charge in [0.05, 0.1) is 12.3 Å². The lowest BCUT2D eigenvalue weighted by Gasteiger charge is -2.16. The summed E-state index contributed by atoms with van der Waals surface area (Å²) in [6.45, 7) is 6.27. The molecule has 0 aliphatic rings. The molecule has 0 saturated heterocycles. The van der Waals surface area contributed by atoms with Crippen LogP contribution in [-0.2, 0) is 11.2 Å². The first-order valence-corrected chi connectivity index (χ1v) is 8.33. The van der Waals surface area contributed by atoms with Crippen molar-refractivity contribution in [2.24, 2.45) is 5.92 Å². The summed E-state index contributed by atoms with van der Waals surface area (Å²) in [5.74, 6) is -1.23. The molecule has 1 N–H and O–H groups in total. The van der Waals surface area contributed by atoms with Crippen LogP contribution in [0.2, 0.25) is 0 Å². The van der Waals surface area contributed by atoms with E-state index < -0.39 is 12.1 Å². The van der Waals surface area contributed by atoms with Crippen molar-refractivity contribution < 1.29 is 22.7 Å². The first kappa shape index (κ1) is 19.8. The predicted molar refractivity (Wildman–Crippen MR) is 88.2 cm³/mol. The van der Waals surface area contributed by atoms with Crippen molar-refractivity contribution in [3.8, 4) is 5.75 Å². The smallest absolute Gasteiger partial charge is 0.471 e. The number of nitrogens with one attached hydrogen (secondary N) is 1. The Kier molecular flexibility index (Phi) is 7.38. The molecule has 130 valence electrons. The predicted octanol–water partition coefficient (Wildman–Crippen LogP) is 4.94. The van der Waals surface area contributed by atoms with Crippen molar-refractivity contribution in [1.29, 1.82) is 0 Å². The van der Waals surface area contributed by atoms with Gasteiger partial charge in [0.25, 0.3) is 0 Å². The van der Waals surface area contributed by atoms with Crippen molar-refractivity contribution in [3.63, 3.8) is 0 Å². The number of anilines is 1. The third-order valence-corrected chi connectivity index (χ3v) is 3.73. The zero-order valence-corrected chi connectivity index (χ0v) is 14.9. The van der Waals surface area contributed by atoms with Gasteiger partial charge >= 0.3 is 12.1 Å². The molecule has 0 spiro atoms. The van der Waals surface area contributed by atoms with Gasteiger partial charge in [0, 0.05) is 4.83 Å². The highest BCUT2D eigenvalue weighted by molar-refractivity contribution is 9.09. The average Bonchev–Trinajstić information content (AvgIpc) is 2.39. The van der Waals surface area contributed by atoms with E-state index in [1.807, 2.05) is 5.32 Å². The number of carbonyl (C=O) groups is 1. The molecular weight excluding hydrogens is 375 g/mol. The van der Waals surface area contributed by atoms with Crippen LogP contribution < -0.4 is 10.1 Å². The fourth-order valence-corrected chi connectivity index (χ4v) is 3.24. The lowest BCUT2D eigenvalue weighted by Crippen LogP contribution is -2.30.